The maximum atomic E-state index is 13.3. The standard InChI is InChI=1S/C13H16FNO4S/c1-19-13(16)4-6-15-11-5-7-20(17,18)12-3-2-9(14)8-10(11)12/h2-3,8,11,15H,4-7H2,1H3. The van der Waals surface area contributed by atoms with Gasteiger partial charge in [-0.05, 0) is 30.2 Å². The van der Waals surface area contributed by atoms with Gasteiger partial charge < -0.3 is 10.1 Å². The van der Waals surface area contributed by atoms with Gasteiger partial charge in [0.25, 0.3) is 0 Å². The highest BCUT2D eigenvalue weighted by Crippen LogP contribution is 2.32. The van der Waals surface area contributed by atoms with Gasteiger partial charge in [0.15, 0.2) is 9.84 Å². The van der Waals surface area contributed by atoms with E-state index in [1.165, 1.54) is 19.2 Å². The monoisotopic (exact) mass is 301 g/mol. The molecule has 110 valence electrons. The minimum Gasteiger partial charge on any atom is -0.469 e. The van der Waals surface area contributed by atoms with Crippen LogP contribution in [0.4, 0.5) is 4.39 Å². The van der Waals surface area contributed by atoms with Crippen LogP contribution in [0, 0.1) is 5.82 Å². The van der Waals surface area contributed by atoms with Crippen molar-refractivity contribution in [3.63, 3.8) is 0 Å². The second-order valence-corrected chi connectivity index (χ2v) is 6.70. The predicted octanol–water partition coefficient (Wildman–Crippen LogP) is 1.20. The summed E-state index contributed by atoms with van der Waals surface area (Å²) >= 11 is 0. The van der Waals surface area contributed by atoms with Crippen LogP contribution >= 0.6 is 0 Å². The van der Waals surface area contributed by atoms with E-state index in [1.54, 1.807) is 0 Å². The molecule has 1 N–H and O–H groups in total. The summed E-state index contributed by atoms with van der Waals surface area (Å²) in [6.07, 6.45) is 0.546. The van der Waals surface area contributed by atoms with Gasteiger partial charge in [0.05, 0.1) is 24.2 Å². The molecule has 7 heteroatoms. The quantitative estimate of drug-likeness (QED) is 0.668. The number of benzene rings is 1. The molecular formula is C13H16FNO4S. The molecule has 1 aliphatic rings. The van der Waals surface area contributed by atoms with Gasteiger partial charge >= 0.3 is 5.97 Å². The van der Waals surface area contributed by atoms with Crippen LogP contribution in [0.3, 0.4) is 0 Å². The number of sulfone groups is 1. The number of halogens is 1. The molecular weight excluding hydrogens is 285 g/mol. The third kappa shape index (κ3) is 3.16. The van der Waals surface area contributed by atoms with Crippen molar-refractivity contribution in [3.05, 3.63) is 29.6 Å². The zero-order chi connectivity index (χ0) is 14.8. The molecule has 0 aromatic heterocycles. The Hall–Kier alpha value is -1.47. The van der Waals surface area contributed by atoms with E-state index in [2.05, 4.69) is 10.1 Å². The fraction of sp³-hybridized carbons (Fsp3) is 0.462. The van der Waals surface area contributed by atoms with Crippen molar-refractivity contribution in [1.29, 1.82) is 0 Å². The molecule has 1 atom stereocenters. The summed E-state index contributed by atoms with van der Waals surface area (Å²) in [5.41, 5.74) is 0.432. The van der Waals surface area contributed by atoms with E-state index < -0.39 is 15.7 Å². The fourth-order valence-electron chi connectivity index (χ4n) is 2.28. The highest BCUT2D eigenvalue weighted by atomic mass is 32.2. The van der Waals surface area contributed by atoms with Crippen LogP contribution in [0.1, 0.15) is 24.4 Å². The van der Waals surface area contributed by atoms with E-state index in [9.17, 15) is 17.6 Å². The van der Waals surface area contributed by atoms with Crippen LogP contribution in [-0.2, 0) is 19.4 Å². The molecule has 1 unspecified atom stereocenters. The van der Waals surface area contributed by atoms with Crippen LogP contribution in [0.2, 0.25) is 0 Å². The van der Waals surface area contributed by atoms with Crippen molar-refractivity contribution >= 4 is 15.8 Å². The number of fused-ring (bicyclic) bond motifs is 1. The topological polar surface area (TPSA) is 72.5 Å². The van der Waals surface area contributed by atoms with Crippen LogP contribution < -0.4 is 5.32 Å². The Morgan fingerprint density at radius 2 is 2.25 bits per heavy atom. The van der Waals surface area contributed by atoms with Crippen molar-refractivity contribution in [2.45, 2.75) is 23.8 Å². The van der Waals surface area contributed by atoms with Crippen molar-refractivity contribution in [2.24, 2.45) is 0 Å². The lowest BCUT2D eigenvalue weighted by atomic mass is 10.0. The summed E-state index contributed by atoms with van der Waals surface area (Å²) in [5, 5.41) is 3.08. The average Bonchev–Trinajstić information content (AvgIpc) is 2.40. The number of methoxy groups -OCH3 is 1. The molecule has 0 saturated carbocycles. The van der Waals surface area contributed by atoms with E-state index in [-0.39, 0.29) is 29.1 Å². The van der Waals surface area contributed by atoms with Gasteiger partial charge in [-0.1, -0.05) is 0 Å². The highest BCUT2D eigenvalue weighted by Gasteiger charge is 2.30. The van der Waals surface area contributed by atoms with Crippen LogP contribution in [-0.4, -0.2) is 33.8 Å². The largest absolute Gasteiger partial charge is 0.469 e. The Balaban J connectivity index is 2.17. The van der Waals surface area contributed by atoms with Crippen molar-refractivity contribution in [1.82, 2.24) is 5.32 Å². The highest BCUT2D eigenvalue weighted by molar-refractivity contribution is 7.91. The lowest BCUT2D eigenvalue weighted by Gasteiger charge is -2.26. The Morgan fingerprint density at radius 3 is 2.95 bits per heavy atom. The number of ether oxygens (including phenoxy) is 1. The molecule has 1 aromatic rings. The smallest absolute Gasteiger partial charge is 0.306 e. The van der Waals surface area contributed by atoms with E-state index in [0.29, 0.717) is 18.5 Å². The van der Waals surface area contributed by atoms with E-state index in [0.717, 1.165) is 6.07 Å². The van der Waals surface area contributed by atoms with Gasteiger partial charge in [-0.25, -0.2) is 12.8 Å². The van der Waals surface area contributed by atoms with Gasteiger partial charge in [-0.15, -0.1) is 0 Å². The number of esters is 1. The zero-order valence-corrected chi connectivity index (χ0v) is 11.9. The molecule has 5 nitrogen and oxygen atoms in total. The molecule has 0 saturated heterocycles. The second-order valence-electron chi connectivity index (χ2n) is 4.62. The molecule has 0 aliphatic carbocycles. The molecule has 1 aromatic carbocycles. The maximum absolute atomic E-state index is 13.3. The number of rotatable bonds is 4. The van der Waals surface area contributed by atoms with Gasteiger partial charge in [0.1, 0.15) is 5.82 Å². The van der Waals surface area contributed by atoms with Crippen LogP contribution in [0.5, 0.6) is 0 Å². The summed E-state index contributed by atoms with van der Waals surface area (Å²) in [7, 11) is -2.03. The Bertz CT molecular complexity index is 615. The van der Waals surface area contributed by atoms with E-state index in [1.807, 2.05) is 0 Å². The van der Waals surface area contributed by atoms with E-state index >= 15 is 0 Å². The lowest BCUT2D eigenvalue weighted by Crippen LogP contribution is -2.31. The fourth-order valence-corrected chi connectivity index (χ4v) is 3.88. The lowest BCUT2D eigenvalue weighted by molar-refractivity contribution is -0.140. The van der Waals surface area contributed by atoms with Crippen molar-refractivity contribution in [2.75, 3.05) is 19.4 Å². The number of hydrogen-bond donors (Lipinski definition) is 1. The third-order valence-electron chi connectivity index (χ3n) is 3.31. The first-order valence-corrected chi connectivity index (χ1v) is 7.91. The Morgan fingerprint density at radius 1 is 1.50 bits per heavy atom. The number of carbonyl (C=O) groups excluding carboxylic acids is 1. The molecule has 1 aliphatic heterocycles. The first kappa shape index (κ1) is 14.9. The van der Waals surface area contributed by atoms with Gasteiger partial charge in [0, 0.05) is 12.6 Å². The Kier molecular flexibility index (Phi) is 4.39. The minimum atomic E-state index is -3.34. The second kappa shape index (κ2) is 5.88. The minimum absolute atomic E-state index is 0.0154. The van der Waals surface area contributed by atoms with Gasteiger partial charge in [-0.3, -0.25) is 4.79 Å². The summed E-state index contributed by atoms with van der Waals surface area (Å²) in [5.74, 6) is -0.803. The summed E-state index contributed by atoms with van der Waals surface area (Å²) in [6, 6.07) is 3.41. The first-order valence-electron chi connectivity index (χ1n) is 6.26. The van der Waals surface area contributed by atoms with Gasteiger partial charge in [0.2, 0.25) is 0 Å². The van der Waals surface area contributed by atoms with Crippen molar-refractivity contribution < 1.29 is 22.3 Å². The number of nitrogens with one attached hydrogen (secondary N) is 1. The molecule has 0 spiro atoms. The summed E-state index contributed by atoms with van der Waals surface area (Å²) < 4.78 is 41.7. The average molecular weight is 301 g/mol. The van der Waals surface area contributed by atoms with Crippen molar-refractivity contribution in [3.8, 4) is 0 Å². The summed E-state index contributed by atoms with van der Waals surface area (Å²) in [6.45, 7) is 0.355. The number of hydrogen-bond acceptors (Lipinski definition) is 5. The molecule has 2 rings (SSSR count). The molecule has 0 radical (unpaired) electrons. The van der Waals surface area contributed by atoms with Crippen LogP contribution in [0.15, 0.2) is 23.1 Å². The zero-order valence-electron chi connectivity index (χ0n) is 11.1. The normalized spacial score (nSPS) is 20.2. The predicted molar refractivity (Wildman–Crippen MR) is 70.4 cm³/mol. The maximum Gasteiger partial charge on any atom is 0.306 e. The molecule has 20 heavy (non-hydrogen) atoms. The first-order chi connectivity index (χ1) is 9.44. The SMILES string of the molecule is COC(=O)CCNC1CCS(=O)(=O)c2ccc(F)cc21. The molecule has 0 fully saturated rings. The van der Waals surface area contributed by atoms with Gasteiger partial charge in [-0.2, -0.15) is 0 Å². The molecule has 1 heterocycles. The Labute approximate surface area is 117 Å². The molecule has 0 amide bonds. The van der Waals surface area contributed by atoms with E-state index in [4.69, 9.17) is 0 Å². The van der Waals surface area contributed by atoms with Crippen LogP contribution in [0.25, 0.3) is 0 Å². The molecule has 0 bridgehead atoms. The third-order valence-corrected chi connectivity index (χ3v) is 5.12. The summed E-state index contributed by atoms with van der Waals surface area (Å²) in [4.78, 5) is 11.2. The number of carbonyl (C=O) groups is 1.